The first-order valence-electron chi connectivity index (χ1n) is 8.56. The zero-order valence-electron chi connectivity index (χ0n) is 14.7. The van der Waals surface area contributed by atoms with Gasteiger partial charge < -0.3 is 4.74 Å². The highest BCUT2D eigenvalue weighted by Crippen LogP contribution is 2.18. The molecular formula is C18H19ClN4O3. The summed E-state index contributed by atoms with van der Waals surface area (Å²) >= 11 is 6.02. The molecule has 0 amide bonds. The molecule has 3 rings (SSSR count). The number of hydrogen-bond donors (Lipinski definition) is 0. The Kier molecular flexibility index (Phi) is 5.46. The fraction of sp³-hybridized carbons (Fsp3) is 0.389. The van der Waals surface area contributed by atoms with Crippen LogP contribution in [0.25, 0.3) is 22.2 Å². The van der Waals surface area contributed by atoms with E-state index in [9.17, 15) is 9.59 Å². The van der Waals surface area contributed by atoms with Crippen LogP contribution in [0, 0.1) is 0 Å². The zero-order chi connectivity index (χ0) is 18.7. The summed E-state index contributed by atoms with van der Waals surface area (Å²) in [7, 11) is 0. The van der Waals surface area contributed by atoms with Gasteiger partial charge in [0.15, 0.2) is 11.2 Å². The van der Waals surface area contributed by atoms with Gasteiger partial charge in [-0.05, 0) is 44.9 Å². The van der Waals surface area contributed by atoms with Gasteiger partial charge in [-0.25, -0.2) is 14.6 Å². The van der Waals surface area contributed by atoms with Crippen LogP contribution in [0.15, 0.2) is 23.0 Å². The number of ether oxygens (including phenoxy) is 1. The number of benzene rings is 1. The molecule has 3 aromatic rings. The van der Waals surface area contributed by atoms with Crippen molar-refractivity contribution in [2.75, 3.05) is 6.61 Å². The first-order chi connectivity index (χ1) is 12.5. The zero-order valence-corrected chi connectivity index (χ0v) is 15.4. The molecule has 0 spiro atoms. The quantitative estimate of drug-likeness (QED) is 0.487. The van der Waals surface area contributed by atoms with Gasteiger partial charge in [0.1, 0.15) is 5.69 Å². The van der Waals surface area contributed by atoms with Gasteiger partial charge >= 0.3 is 5.97 Å². The molecule has 0 atom stereocenters. The van der Waals surface area contributed by atoms with E-state index in [0.717, 1.165) is 0 Å². The van der Waals surface area contributed by atoms with Crippen LogP contribution in [0.2, 0.25) is 5.02 Å². The third kappa shape index (κ3) is 3.67. The third-order valence-electron chi connectivity index (χ3n) is 3.97. The van der Waals surface area contributed by atoms with E-state index in [-0.39, 0.29) is 23.3 Å². The van der Waals surface area contributed by atoms with Crippen molar-refractivity contribution < 1.29 is 9.53 Å². The largest absolute Gasteiger partial charge is 0.466 e. The molecule has 0 fully saturated rings. The highest BCUT2D eigenvalue weighted by Gasteiger charge is 2.15. The van der Waals surface area contributed by atoms with Crippen LogP contribution in [0.5, 0.6) is 0 Å². The SMILES string of the molecule is CCOC(=O)CCCc1nn(CC)c2nc3ccc(Cl)cc3nc2c1=O. The van der Waals surface area contributed by atoms with Gasteiger partial charge in [-0.2, -0.15) is 5.10 Å². The molecule has 1 aromatic carbocycles. The first kappa shape index (κ1) is 18.3. The van der Waals surface area contributed by atoms with E-state index in [1.807, 2.05) is 6.92 Å². The lowest BCUT2D eigenvalue weighted by Crippen LogP contribution is -2.21. The molecule has 136 valence electrons. The minimum absolute atomic E-state index is 0.248. The van der Waals surface area contributed by atoms with Crippen molar-refractivity contribution in [3.05, 3.63) is 39.1 Å². The molecule has 7 nitrogen and oxygen atoms in total. The molecule has 0 bridgehead atoms. The van der Waals surface area contributed by atoms with Crippen molar-refractivity contribution in [2.45, 2.75) is 39.7 Å². The Morgan fingerprint density at radius 1 is 1.23 bits per heavy atom. The Labute approximate surface area is 155 Å². The maximum atomic E-state index is 12.8. The second-order valence-corrected chi connectivity index (χ2v) is 6.22. The number of aryl methyl sites for hydroxylation is 2. The predicted octanol–water partition coefficient (Wildman–Crippen LogP) is 2.90. The summed E-state index contributed by atoms with van der Waals surface area (Å²) in [5.74, 6) is -0.274. The summed E-state index contributed by atoms with van der Waals surface area (Å²) in [5, 5.41) is 4.94. The van der Waals surface area contributed by atoms with E-state index in [0.29, 0.717) is 53.4 Å². The molecule has 8 heteroatoms. The van der Waals surface area contributed by atoms with Crippen molar-refractivity contribution in [1.82, 2.24) is 19.7 Å². The molecule has 0 saturated carbocycles. The summed E-state index contributed by atoms with van der Waals surface area (Å²) in [6.45, 7) is 4.58. The van der Waals surface area contributed by atoms with Crippen LogP contribution in [-0.4, -0.2) is 32.3 Å². The van der Waals surface area contributed by atoms with Gasteiger partial charge in [0.25, 0.3) is 0 Å². The number of hydrogen-bond acceptors (Lipinski definition) is 6. The maximum Gasteiger partial charge on any atom is 0.305 e. The molecule has 0 aliphatic rings. The third-order valence-corrected chi connectivity index (χ3v) is 4.21. The van der Waals surface area contributed by atoms with Crippen molar-refractivity contribution in [3.63, 3.8) is 0 Å². The van der Waals surface area contributed by atoms with Gasteiger partial charge in [-0.3, -0.25) is 9.59 Å². The molecule has 0 unspecified atom stereocenters. The number of fused-ring (bicyclic) bond motifs is 2. The van der Waals surface area contributed by atoms with E-state index in [1.165, 1.54) is 0 Å². The van der Waals surface area contributed by atoms with E-state index < -0.39 is 0 Å². The van der Waals surface area contributed by atoms with Gasteiger partial charge in [-0.1, -0.05) is 11.6 Å². The average molecular weight is 375 g/mol. The van der Waals surface area contributed by atoms with Crippen LogP contribution in [0.4, 0.5) is 0 Å². The minimum atomic E-state index is -0.274. The molecule has 0 aliphatic carbocycles. The molecule has 26 heavy (non-hydrogen) atoms. The number of carbonyl (C=O) groups excluding carboxylic acids is 1. The lowest BCUT2D eigenvalue weighted by molar-refractivity contribution is -0.143. The topological polar surface area (TPSA) is 87.0 Å². The maximum absolute atomic E-state index is 12.8. The Hall–Kier alpha value is -2.54. The predicted molar refractivity (Wildman–Crippen MR) is 99.4 cm³/mol. The number of aromatic nitrogens is 4. The fourth-order valence-corrected chi connectivity index (χ4v) is 2.91. The van der Waals surface area contributed by atoms with Crippen LogP contribution in [0.1, 0.15) is 32.4 Å². The number of halogens is 1. The van der Waals surface area contributed by atoms with E-state index >= 15 is 0 Å². The molecular weight excluding hydrogens is 356 g/mol. The second-order valence-electron chi connectivity index (χ2n) is 5.78. The van der Waals surface area contributed by atoms with Crippen molar-refractivity contribution in [2.24, 2.45) is 0 Å². The normalized spacial score (nSPS) is 11.2. The van der Waals surface area contributed by atoms with Gasteiger partial charge in [0, 0.05) is 18.0 Å². The van der Waals surface area contributed by atoms with Crippen molar-refractivity contribution in [3.8, 4) is 0 Å². The van der Waals surface area contributed by atoms with Crippen LogP contribution < -0.4 is 5.43 Å². The Balaban J connectivity index is 2.02. The monoisotopic (exact) mass is 374 g/mol. The Morgan fingerprint density at radius 3 is 2.77 bits per heavy atom. The Bertz CT molecular complexity index is 1030. The average Bonchev–Trinajstić information content (AvgIpc) is 2.62. The molecule has 0 radical (unpaired) electrons. The summed E-state index contributed by atoms with van der Waals surface area (Å²) in [6, 6.07) is 5.18. The molecule has 2 heterocycles. The number of esters is 1. The molecule has 0 saturated heterocycles. The standard InChI is InChI=1S/C18H19ClN4O3/c1-3-23-18-16(20-14-10-11(19)8-9-12(14)21-18)17(25)13(22-23)6-5-7-15(24)26-4-2/h8-10H,3-7H2,1-2H3. The number of rotatable bonds is 6. The van der Waals surface area contributed by atoms with Crippen molar-refractivity contribution >= 4 is 39.8 Å². The van der Waals surface area contributed by atoms with Crippen LogP contribution >= 0.6 is 11.6 Å². The summed E-state index contributed by atoms with van der Waals surface area (Å²) < 4.78 is 6.57. The van der Waals surface area contributed by atoms with E-state index in [2.05, 4.69) is 15.1 Å². The van der Waals surface area contributed by atoms with Crippen LogP contribution in [-0.2, 0) is 22.5 Å². The Morgan fingerprint density at radius 2 is 2.04 bits per heavy atom. The van der Waals surface area contributed by atoms with Gasteiger partial charge in [0.05, 0.1) is 17.6 Å². The lowest BCUT2D eigenvalue weighted by atomic mass is 10.1. The fourth-order valence-electron chi connectivity index (χ4n) is 2.74. The summed E-state index contributed by atoms with van der Waals surface area (Å²) in [4.78, 5) is 33.3. The summed E-state index contributed by atoms with van der Waals surface area (Å²) in [5.41, 5.74) is 2.04. The van der Waals surface area contributed by atoms with Gasteiger partial charge in [-0.15, -0.1) is 0 Å². The summed E-state index contributed by atoms with van der Waals surface area (Å²) in [6.07, 6.45) is 1.12. The van der Waals surface area contributed by atoms with E-state index in [1.54, 1.807) is 29.8 Å². The highest BCUT2D eigenvalue weighted by molar-refractivity contribution is 6.31. The first-order valence-corrected chi connectivity index (χ1v) is 8.94. The number of carbonyl (C=O) groups is 1. The minimum Gasteiger partial charge on any atom is -0.466 e. The molecule has 0 aliphatic heterocycles. The van der Waals surface area contributed by atoms with Gasteiger partial charge in [0.2, 0.25) is 5.43 Å². The number of nitrogens with zero attached hydrogens (tertiary/aromatic N) is 4. The molecule has 2 aromatic heterocycles. The van der Waals surface area contributed by atoms with Crippen LogP contribution in [0.3, 0.4) is 0 Å². The second kappa shape index (κ2) is 7.78. The lowest BCUT2D eigenvalue weighted by Gasteiger charge is -2.10. The highest BCUT2D eigenvalue weighted by atomic mass is 35.5. The smallest absolute Gasteiger partial charge is 0.305 e. The van der Waals surface area contributed by atoms with E-state index in [4.69, 9.17) is 16.3 Å². The van der Waals surface area contributed by atoms with Crippen molar-refractivity contribution in [1.29, 1.82) is 0 Å². The molecule has 0 N–H and O–H groups in total.